The van der Waals surface area contributed by atoms with Crippen molar-refractivity contribution in [2.75, 3.05) is 25.5 Å². The molecule has 0 aliphatic carbocycles. The number of alkyl halides is 3. The van der Waals surface area contributed by atoms with Crippen LogP contribution < -0.4 is 5.32 Å². The van der Waals surface area contributed by atoms with E-state index in [2.05, 4.69) is 10.3 Å². The number of aromatic nitrogens is 1. The van der Waals surface area contributed by atoms with Gasteiger partial charge in [0.25, 0.3) is 0 Å². The number of carbonyl (C=O) groups is 1. The lowest BCUT2D eigenvalue weighted by Gasteiger charge is -2.19. The fraction of sp³-hybridized carbons (Fsp3) is 0.400. The maximum absolute atomic E-state index is 12.7. The molecule has 0 atom stereocenters. The number of nitrogens with zero attached hydrogens (tertiary/aromatic N) is 2. The molecule has 100 valence electrons. The smallest absolute Gasteiger partial charge is 0.361 e. The molecule has 0 bridgehead atoms. The fourth-order valence-electron chi connectivity index (χ4n) is 1.16. The van der Waals surface area contributed by atoms with Gasteiger partial charge in [-0.25, -0.2) is 4.98 Å². The van der Waals surface area contributed by atoms with Gasteiger partial charge in [0.15, 0.2) is 0 Å². The molecule has 1 aromatic heterocycles. The zero-order valence-corrected chi connectivity index (χ0v) is 9.46. The van der Waals surface area contributed by atoms with Crippen molar-refractivity contribution in [1.82, 2.24) is 9.88 Å². The van der Waals surface area contributed by atoms with Gasteiger partial charge in [-0.05, 0) is 12.1 Å². The van der Waals surface area contributed by atoms with E-state index in [-0.39, 0.29) is 12.4 Å². The molecule has 0 spiro atoms. The second-order valence-electron chi connectivity index (χ2n) is 3.56. The van der Waals surface area contributed by atoms with Crippen LogP contribution in [0, 0.1) is 5.95 Å². The SMILES string of the molecule is CN(CC(F)(F)F)C(=O)CNc1cccc(F)n1. The van der Waals surface area contributed by atoms with Gasteiger partial charge in [-0.15, -0.1) is 0 Å². The Morgan fingerprint density at radius 2 is 2.11 bits per heavy atom. The standard InChI is InChI=1S/C10H11F4N3O/c1-17(6-10(12,13)14)9(18)5-15-8-4-2-3-7(11)16-8/h2-4H,5-6H2,1H3,(H,15,16). The molecule has 8 heteroatoms. The molecule has 0 aromatic carbocycles. The lowest BCUT2D eigenvalue weighted by molar-refractivity contribution is -0.157. The third-order valence-corrected chi connectivity index (χ3v) is 1.98. The van der Waals surface area contributed by atoms with Gasteiger partial charge in [0.05, 0.1) is 6.54 Å². The van der Waals surface area contributed by atoms with E-state index in [4.69, 9.17) is 0 Å². The van der Waals surface area contributed by atoms with E-state index < -0.39 is 24.6 Å². The number of pyridine rings is 1. The first-order chi connectivity index (χ1) is 8.28. The van der Waals surface area contributed by atoms with Crippen LogP contribution in [0.5, 0.6) is 0 Å². The summed E-state index contributed by atoms with van der Waals surface area (Å²) in [7, 11) is 1.04. The van der Waals surface area contributed by atoms with Gasteiger partial charge in [0.1, 0.15) is 12.4 Å². The van der Waals surface area contributed by atoms with Crippen molar-refractivity contribution in [3.63, 3.8) is 0 Å². The maximum Gasteiger partial charge on any atom is 0.406 e. The predicted octanol–water partition coefficient (Wildman–Crippen LogP) is 1.65. The van der Waals surface area contributed by atoms with Crippen LogP contribution in [0.15, 0.2) is 18.2 Å². The van der Waals surface area contributed by atoms with Crippen molar-refractivity contribution < 1.29 is 22.4 Å². The molecule has 0 radical (unpaired) electrons. The van der Waals surface area contributed by atoms with Crippen LogP contribution in [-0.2, 0) is 4.79 Å². The van der Waals surface area contributed by atoms with Gasteiger partial charge in [0, 0.05) is 7.05 Å². The summed E-state index contributed by atoms with van der Waals surface area (Å²) < 4.78 is 48.7. The van der Waals surface area contributed by atoms with Crippen molar-refractivity contribution >= 4 is 11.7 Å². The highest BCUT2D eigenvalue weighted by atomic mass is 19.4. The number of carbonyl (C=O) groups excluding carboxylic acids is 1. The predicted molar refractivity (Wildman–Crippen MR) is 56.4 cm³/mol. The van der Waals surface area contributed by atoms with Crippen LogP contribution in [0.25, 0.3) is 0 Å². The molecule has 1 rings (SSSR count). The van der Waals surface area contributed by atoms with Crippen molar-refractivity contribution in [2.45, 2.75) is 6.18 Å². The Labute approximate surface area is 101 Å². The Hall–Kier alpha value is -1.86. The van der Waals surface area contributed by atoms with E-state index in [9.17, 15) is 22.4 Å². The second-order valence-corrected chi connectivity index (χ2v) is 3.56. The van der Waals surface area contributed by atoms with Gasteiger partial charge < -0.3 is 10.2 Å². The van der Waals surface area contributed by atoms with E-state index in [1.165, 1.54) is 12.1 Å². The molecular formula is C10H11F4N3O. The summed E-state index contributed by atoms with van der Waals surface area (Å²) in [5, 5.41) is 2.44. The Morgan fingerprint density at radius 1 is 1.44 bits per heavy atom. The molecule has 0 saturated carbocycles. The van der Waals surface area contributed by atoms with Crippen LogP contribution in [0.2, 0.25) is 0 Å². The largest absolute Gasteiger partial charge is 0.406 e. The highest BCUT2D eigenvalue weighted by Gasteiger charge is 2.30. The first-order valence-corrected chi connectivity index (χ1v) is 4.95. The first-order valence-electron chi connectivity index (χ1n) is 4.95. The lowest BCUT2D eigenvalue weighted by atomic mass is 10.4. The Bertz CT molecular complexity index is 422. The maximum atomic E-state index is 12.7. The molecule has 0 saturated heterocycles. The number of hydrogen-bond donors (Lipinski definition) is 1. The number of amides is 1. The van der Waals surface area contributed by atoms with Crippen molar-refractivity contribution in [3.8, 4) is 0 Å². The van der Waals surface area contributed by atoms with E-state index >= 15 is 0 Å². The fourth-order valence-corrected chi connectivity index (χ4v) is 1.16. The van der Waals surface area contributed by atoms with E-state index in [1.807, 2.05) is 0 Å². The summed E-state index contributed by atoms with van der Waals surface area (Å²) in [6.45, 7) is -1.72. The van der Waals surface area contributed by atoms with E-state index in [0.29, 0.717) is 4.90 Å². The first kappa shape index (κ1) is 14.2. The highest BCUT2D eigenvalue weighted by Crippen LogP contribution is 2.15. The van der Waals surface area contributed by atoms with Gasteiger partial charge >= 0.3 is 6.18 Å². The average molecular weight is 265 g/mol. The molecular weight excluding hydrogens is 254 g/mol. The summed E-state index contributed by atoms with van der Waals surface area (Å²) in [5.74, 6) is -1.42. The third-order valence-electron chi connectivity index (χ3n) is 1.98. The highest BCUT2D eigenvalue weighted by molar-refractivity contribution is 5.80. The normalized spacial score (nSPS) is 11.2. The van der Waals surface area contributed by atoms with Crippen LogP contribution in [0.3, 0.4) is 0 Å². The number of hydrogen-bond acceptors (Lipinski definition) is 3. The van der Waals surface area contributed by atoms with Gasteiger partial charge in [-0.1, -0.05) is 6.07 Å². The van der Waals surface area contributed by atoms with Crippen LogP contribution >= 0.6 is 0 Å². The molecule has 1 aromatic rings. The van der Waals surface area contributed by atoms with E-state index in [1.54, 1.807) is 0 Å². The lowest BCUT2D eigenvalue weighted by Crippen LogP contribution is -2.39. The molecule has 0 fully saturated rings. The molecule has 4 nitrogen and oxygen atoms in total. The number of nitrogens with one attached hydrogen (secondary N) is 1. The molecule has 0 unspecified atom stereocenters. The summed E-state index contributed by atoms with van der Waals surface area (Å²) in [6.07, 6.45) is -4.44. The topological polar surface area (TPSA) is 45.2 Å². The Kier molecular flexibility index (Phi) is 4.46. The molecule has 0 aliphatic heterocycles. The van der Waals surface area contributed by atoms with Crippen LogP contribution in [0.1, 0.15) is 0 Å². The van der Waals surface area contributed by atoms with Crippen molar-refractivity contribution in [2.24, 2.45) is 0 Å². The Morgan fingerprint density at radius 3 is 2.67 bits per heavy atom. The summed E-state index contributed by atoms with van der Waals surface area (Å²) in [4.78, 5) is 15.3. The Balaban J connectivity index is 2.46. The van der Waals surface area contributed by atoms with Crippen molar-refractivity contribution in [1.29, 1.82) is 0 Å². The number of anilines is 1. The molecule has 0 aliphatic rings. The molecule has 18 heavy (non-hydrogen) atoms. The quantitative estimate of drug-likeness (QED) is 0.665. The second kappa shape index (κ2) is 5.65. The van der Waals surface area contributed by atoms with Crippen LogP contribution in [-0.4, -0.2) is 42.1 Å². The van der Waals surface area contributed by atoms with Crippen LogP contribution in [0.4, 0.5) is 23.4 Å². The minimum atomic E-state index is -4.44. The minimum Gasteiger partial charge on any atom is -0.361 e. The minimum absolute atomic E-state index is 0.0868. The summed E-state index contributed by atoms with van der Waals surface area (Å²) >= 11 is 0. The van der Waals surface area contributed by atoms with E-state index in [0.717, 1.165) is 13.1 Å². The monoisotopic (exact) mass is 265 g/mol. The summed E-state index contributed by atoms with van der Waals surface area (Å²) in [5.41, 5.74) is 0. The number of halogens is 4. The number of rotatable bonds is 4. The zero-order chi connectivity index (χ0) is 13.8. The zero-order valence-electron chi connectivity index (χ0n) is 9.46. The van der Waals surface area contributed by atoms with Gasteiger partial charge in [-0.2, -0.15) is 17.6 Å². The summed E-state index contributed by atoms with van der Waals surface area (Å²) in [6, 6.07) is 3.89. The molecule has 1 amide bonds. The average Bonchev–Trinajstić information content (AvgIpc) is 2.23. The third kappa shape index (κ3) is 4.98. The molecule has 1 N–H and O–H groups in total. The molecule has 1 heterocycles. The van der Waals surface area contributed by atoms with Gasteiger partial charge in [0.2, 0.25) is 11.9 Å². The van der Waals surface area contributed by atoms with Crippen molar-refractivity contribution in [3.05, 3.63) is 24.1 Å². The van der Waals surface area contributed by atoms with Gasteiger partial charge in [-0.3, -0.25) is 4.79 Å². The number of likely N-dealkylation sites (N-methyl/N-ethyl adjacent to an activating group) is 1.